The van der Waals surface area contributed by atoms with Gasteiger partial charge in [-0.05, 0) is 12.0 Å². The number of hydrogen-bond donors (Lipinski definition) is 1. The zero-order valence-corrected chi connectivity index (χ0v) is 15.4. The van der Waals surface area contributed by atoms with Crippen molar-refractivity contribution in [2.45, 2.75) is 13.0 Å². The van der Waals surface area contributed by atoms with Crippen LogP contribution in [-0.4, -0.2) is 76.0 Å². The van der Waals surface area contributed by atoms with Crippen LogP contribution in [0.15, 0.2) is 35.3 Å². The molecule has 1 aromatic carbocycles. The maximum atomic E-state index is 11.2. The smallest absolute Gasteiger partial charge is 0.193 e. The van der Waals surface area contributed by atoms with E-state index in [0.717, 1.165) is 38.7 Å². The minimum atomic E-state index is -2.89. The predicted octanol–water partition coefficient (Wildman–Crippen LogP) is 0.814. The summed E-state index contributed by atoms with van der Waals surface area (Å²) in [6.45, 7) is 5.47. The number of nitrogens with zero attached hydrogens (tertiary/aromatic N) is 3. The van der Waals surface area contributed by atoms with Gasteiger partial charge in [-0.25, -0.2) is 8.42 Å². The monoisotopic (exact) mass is 352 g/mol. The number of piperazine rings is 1. The van der Waals surface area contributed by atoms with Gasteiger partial charge in [0.2, 0.25) is 0 Å². The van der Waals surface area contributed by atoms with Gasteiger partial charge in [-0.2, -0.15) is 0 Å². The summed E-state index contributed by atoms with van der Waals surface area (Å²) in [7, 11) is -1.12. The van der Waals surface area contributed by atoms with Crippen LogP contribution in [-0.2, 0) is 16.4 Å². The quantitative estimate of drug-likeness (QED) is 0.466. The van der Waals surface area contributed by atoms with Gasteiger partial charge in [0, 0.05) is 52.6 Å². The van der Waals surface area contributed by atoms with Crippen LogP contribution in [0.1, 0.15) is 12.0 Å². The van der Waals surface area contributed by atoms with Gasteiger partial charge in [0.15, 0.2) is 5.96 Å². The SMILES string of the molecule is CN=C(NCCCS(C)(=O)=O)N1CCN(Cc2ccccc2)CC1. The molecule has 0 radical (unpaired) electrons. The highest BCUT2D eigenvalue weighted by atomic mass is 32.2. The third-order valence-corrected chi connectivity index (χ3v) is 5.14. The number of nitrogens with one attached hydrogen (secondary N) is 1. The van der Waals surface area contributed by atoms with E-state index in [2.05, 4.69) is 44.4 Å². The summed E-state index contributed by atoms with van der Waals surface area (Å²) in [4.78, 5) is 9.00. The fraction of sp³-hybridized carbons (Fsp3) is 0.588. The summed E-state index contributed by atoms with van der Waals surface area (Å²) in [5.74, 6) is 1.07. The molecule has 0 spiro atoms. The summed E-state index contributed by atoms with van der Waals surface area (Å²) in [5.41, 5.74) is 1.34. The minimum absolute atomic E-state index is 0.210. The van der Waals surface area contributed by atoms with Gasteiger partial charge in [-0.3, -0.25) is 9.89 Å². The minimum Gasteiger partial charge on any atom is -0.356 e. The topological polar surface area (TPSA) is 65.0 Å². The number of rotatable bonds is 6. The molecule has 0 bridgehead atoms. The Balaban J connectivity index is 1.73. The van der Waals surface area contributed by atoms with E-state index in [-0.39, 0.29) is 5.75 Å². The second kappa shape index (κ2) is 9.03. The van der Waals surface area contributed by atoms with E-state index >= 15 is 0 Å². The molecule has 0 saturated carbocycles. The Kier molecular flexibility index (Phi) is 7.05. The second-order valence-electron chi connectivity index (χ2n) is 6.21. The Bertz CT molecular complexity index is 623. The summed E-state index contributed by atoms with van der Waals surface area (Å²) < 4.78 is 22.3. The number of sulfone groups is 1. The summed E-state index contributed by atoms with van der Waals surface area (Å²) in [6, 6.07) is 10.5. The predicted molar refractivity (Wildman–Crippen MR) is 99.0 cm³/mol. The van der Waals surface area contributed by atoms with Crippen molar-refractivity contribution in [2.75, 3.05) is 51.8 Å². The van der Waals surface area contributed by atoms with Crippen LogP contribution >= 0.6 is 0 Å². The Morgan fingerprint density at radius 2 is 1.83 bits per heavy atom. The lowest BCUT2D eigenvalue weighted by molar-refractivity contribution is 0.172. The van der Waals surface area contributed by atoms with Crippen LogP contribution < -0.4 is 5.32 Å². The molecular formula is C17H28N4O2S. The summed E-state index contributed by atoms with van der Waals surface area (Å²) in [6.07, 6.45) is 1.87. The first kappa shape index (κ1) is 18.7. The third-order valence-electron chi connectivity index (χ3n) is 4.11. The van der Waals surface area contributed by atoms with E-state index in [1.165, 1.54) is 11.8 Å². The molecule has 7 heteroatoms. The Hall–Kier alpha value is -1.60. The van der Waals surface area contributed by atoms with Crippen molar-refractivity contribution in [2.24, 2.45) is 4.99 Å². The average molecular weight is 353 g/mol. The lowest BCUT2D eigenvalue weighted by Crippen LogP contribution is -2.52. The zero-order chi connectivity index (χ0) is 17.4. The van der Waals surface area contributed by atoms with Crippen LogP contribution in [0.2, 0.25) is 0 Å². The highest BCUT2D eigenvalue weighted by Gasteiger charge is 2.19. The van der Waals surface area contributed by atoms with Gasteiger partial charge < -0.3 is 10.2 Å². The molecule has 0 atom stereocenters. The number of hydrogen-bond acceptors (Lipinski definition) is 4. The largest absolute Gasteiger partial charge is 0.356 e. The maximum absolute atomic E-state index is 11.2. The number of guanidine groups is 1. The molecule has 1 aliphatic rings. The fourth-order valence-corrected chi connectivity index (χ4v) is 3.49. The molecule has 1 aliphatic heterocycles. The van der Waals surface area contributed by atoms with E-state index in [1.54, 1.807) is 7.05 Å². The van der Waals surface area contributed by atoms with E-state index in [0.29, 0.717) is 13.0 Å². The lowest BCUT2D eigenvalue weighted by atomic mass is 10.2. The molecule has 1 fully saturated rings. The molecule has 134 valence electrons. The average Bonchev–Trinajstić information content (AvgIpc) is 2.56. The fourth-order valence-electron chi connectivity index (χ4n) is 2.83. The molecule has 0 aromatic heterocycles. The molecule has 1 heterocycles. The Labute approximate surface area is 145 Å². The number of aliphatic imine (C=N–C) groups is 1. The summed E-state index contributed by atoms with van der Waals surface area (Å²) >= 11 is 0. The van der Waals surface area contributed by atoms with Gasteiger partial charge in [0.05, 0.1) is 5.75 Å². The first-order valence-electron chi connectivity index (χ1n) is 8.37. The van der Waals surface area contributed by atoms with Crippen LogP contribution in [0.5, 0.6) is 0 Å². The van der Waals surface area contributed by atoms with Gasteiger partial charge in [0.1, 0.15) is 9.84 Å². The van der Waals surface area contributed by atoms with Crippen molar-refractivity contribution in [3.63, 3.8) is 0 Å². The second-order valence-corrected chi connectivity index (χ2v) is 8.47. The molecule has 6 nitrogen and oxygen atoms in total. The zero-order valence-electron chi connectivity index (χ0n) is 14.6. The van der Waals surface area contributed by atoms with Gasteiger partial charge in [-0.1, -0.05) is 30.3 Å². The molecule has 24 heavy (non-hydrogen) atoms. The molecule has 0 amide bonds. The van der Waals surface area contributed by atoms with E-state index in [9.17, 15) is 8.42 Å². The van der Waals surface area contributed by atoms with Crippen LogP contribution in [0, 0.1) is 0 Å². The Morgan fingerprint density at radius 1 is 1.17 bits per heavy atom. The number of benzene rings is 1. The van der Waals surface area contributed by atoms with E-state index in [1.807, 2.05) is 6.07 Å². The molecule has 0 aliphatic carbocycles. The molecule has 1 N–H and O–H groups in total. The van der Waals surface area contributed by atoms with Gasteiger partial charge in [-0.15, -0.1) is 0 Å². The lowest BCUT2D eigenvalue weighted by Gasteiger charge is -2.36. The van der Waals surface area contributed by atoms with E-state index < -0.39 is 9.84 Å². The van der Waals surface area contributed by atoms with Crippen molar-refractivity contribution in [1.82, 2.24) is 15.1 Å². The van der Waals surface area contributed by atoms with Gasteiger partial charge in [0.25, 0.3) is 0 Å². The Morgan fingerprint density at radius 3 is 2.42 bits per heavy atom. The van der Waals surface area contributed by atoms with Crippen LogP contribution in [0.4, 0.5) is 0 Å². The van der Waals surface area contributed by atoms with Crippen molar-refractivity contribution in [1.29, 1.82) is 0 Å². The first-order chi connectivity index (χ1) is 11.5. The van der Waals surface area contributed by atoms with Gasteiger partial charge >= 0.3 is 0 Å². The van der Waals surface area contributed by atoms with E-state index in [4.69, 9.17) is 0 Å². The highest BCUT2D eigenvalue weighted by Crippen LogP contribution is 2.08. The maximum Gasteiger partial charge on any atom is 0.193 e. The van der Waals surface area contributed by atoms with Crippen LogP contribution in [0.3, 0.4) is 0 Å². The standard InChI is InChI=1S/C17H28N4O2S/c1-18-17(19-9-6-14-24(2,22)23)21-12-10-20(11-13-21)15-16-7-4-3-5-8-16/h3-5,7-8H,6,9-15H2,1-2H3,(H,18,19). The van der Waals surface area contributed by atoms with Crippen LogP contribution in [0.25, 0.3) is 0 Å². The van der Waals surface area contributed by atoms with Crippen molar-refractivity contribution < 1.29 is 8.42 Å². The van der Waals surface area contributed by atoms with Crippen molar-refractivity contribution in [3.8, 4) is 0 Å². The highest BCUT2D eigenvalue weighted by molar-refractivity contribution is 7.90. The normalized spacial score (nSPS) is 17.1. The molecule has 1 saturated heterocycles. The third kappa shape index (κ3) is 6.49. The first-order valence-corrected chi connectivity index (χ1v) is 10.4. The summed E-state index contributed by atoms with van der Waals surface area (Å²) in [5, 5.41) is 3.27. The molecule has 2 rings (SSSR count). The van der Waals surface area contributed by atoms with Crippen molar-refractivity contribution in [3.05, 3.63) is 35.9 Å². The van der Waals surface area contributed by atoms with Crippen molar-refractivity contribution >= 4 is 15.8 Å². The molecule has 0 unspecified atom stereocenters. The molecule has 1 aromatic rings. The molecular weight excluding hydrogens is 324 g/mol.